The van der Waals surface area contributed by atoms with Crippen LogP contribution in [0, 0.1) is 0 Å². The number of Topliss-reactive ketones (excluding diaryl/α,β-unsaturated/α-hetero) is 1. The zero-order valence-electron chi connectivity index (χ0n) is 9.85. The number of carbonyl (C=O) groups is 1. The van der Waals surface area contributed by atoms with Gasteiger partial charge in [-0.3, -0.25) is 4.79 Å². The first-order valence-corrected chi connectivity index (χ1v) is 6.44. The summed E-state index contributed by atoms with van der Waals surface area (Å²) in [5, 5.41) is 3.98. The van der Waals surface area contributed by atoms with Crippen molar-refractivity contribution in [2.75, 3.05) is 7.05 Å². The number of hydrogen-bond donors (Lipinski definition) is 1. The molecule has 2 heterocycles. The Morgan fingerprint density at radius 1 is 1.67 bits per heavy atom. The summed E-state index contributed by atoms with van der Waals surface area (Å²) in [7, 11) is 1.73. The molecular weight excluding hydrogens is 323 g/mol. The van der Waals surface area contributed by atoms with Gasteiger partial charge >= 0.3 is 0 Å². The zero-order chi connectivity index (χ0) is 13.4. The molecule has 2 N–H and O–H groups in total. The highest BCUT2D eigenvalue weighted by Crippen LogP contribution is 2.29. The predicted octanol–water partition coefficient (Wildman–Crippen LogP) is 1.15. The number of allylic oxidation sites excluding steroid dienone is 1. The third-order valence-corrected chi connectivity index (χ3v) is 3.62. The van der Waals surface area contributed by atoms with Gasteiger partial charge in [0.05, 0.1) is 0 Å². The first-order chi connectivity index (χ1) is 8.41. The first kappa shape index (κ1) is 13.4. The molecule has 0 saturated carbocycles. The summed E-state index contributed by atoms with van der Waals surface area (Å²) in [6.45, 7) is 1.44. The average Bonchev–Trinajstić information content (AvgIpc) is 2.70. The lowest BCUT2D eigenvalue weighted by atomic mass is 10.1. The molecule has 0 aromatic carbocycles. The number of nitrogens with two attached hydrogens (primary N) is 1. The maximum absolute atomic E-state index is 11.6. The average molecular weight is 336 g/mol. The van der Waals surface area contributed by atoms with Crippen LogP contribution in [0.15, 0.2) is 20.9 Å². The van der Waals surface area contributed by atoms with E-state index in [2.05, 4.69) is 26.1 Å². The van der Waals surface area contributed by atoms with Crippen molar-refractivity contribution in [3.05, 3.63) is 10.7 Å². The predicted molar refractivity (Wildman–Crippen MR) is 72.6 cm³/mol. The summed E-state index contributed by atoms with van der Waals surface area (Å²) in [5.74, 6) is -0.0140. The van der Waals surface area contributed by atoms with Crippen LogP contribution in [0.4, 0.5) is 0 Å². The van der Waals surface area contributed by atoms with Gasteiger partial charge in [0.25, 0.3) is 0 Å². The maximum Gasteiger partial charge on any atom is 0.177 e. The standard InChI is InChI=1S/C10H12BrClN4O2/c1-4(17)8-7(12)9(13)14-10(16(8)2)5-3-6(11)15-18-5/h5,10H,3H2,1-2H3,(H2,13,14). The molecule has 2 rings (SSSR count). The summed E-state index contributed by atoms with van der Waals surface area (Å²) in [5.41, 5.74) is 6.09. The Bertz CT molecular complexity index is 488. The SMILES string of the molecule is CC(=O)C1=C(Cl)C(N)=NC(C2CC(Br)=NO2)N1C. The number of aliphatic imine (C=N–C) groups is 1. The number of carbonyl (C=O) groups excluding carboxylic acids is 1. The third-order valence-electron chi connectivity index (χ3n) is 2.78. The van der Waals surface area contributed by atoms with Crippen molar-refractivity contribution in [2.45, 2.75) is 25.6 Å². The maximum atomic E-state index is 11.6. The van der Waals surface area contributed by atoms with Crippen molar-refractivity contribution in [3.63, 3.8) is 0 Å². The molecule has 0 bridgehead atoms. The van der Waals surface area contributed by atoms with Gasteiger partial charge in [0, 0.05) is 20.4 Å². The molecule has 18 heavy (non-hydrogen) atoms. The van der Waals surface area contributed by atoms with E-state index in [0.717, 1.165) is 0 Å². The lowest BCUT2D eigenvalue weighted by molar-refractivity contribution is -0.115. The fraction of sp³-hybridized carbons (Fsp3) is 0.500. The lowest BCUT2D eigenvalue weighted by Gasteiger charge is -2.34. The van der Waals surface area contributed by atoms with Crippen LogP contribution < -0.4 is 5.73 Å². The lowest BCUT2D eigenvalue weighted by Crippen LogP contribution is -2.46. The Morgan fingerprint density at radius 3 is 2.83 bits per heavy atom. The largest absolute Gasteiger partial charge is 0.387 e. The van der Waals surface area contributed by atoms with Gasteiger partial charge in [-0.05, 0) is 15.9 Å². The molecule has 8 heteroatoms. The number of likely N-dealkylation sites (N-methyl/N-ethyl adjacent to an activating group) is 1. The fourth-order valence-electron chi connectivity index (χ4n) is 1.95. The van der Waals surface area contributed by atoms with Gasteiger partial charge in [0.15, 0.2) is 18.1 Å². The topological polar surface area (TPSA) is 80.3 Å². The summed E-state index contributed by atoms with van der Waals surface area (Å²) < 4.78 is 0.708. The zero-order valence-corrected chi connectivity index (χ0v) is 12.2. The molecule has 2 unspecified atom stereocenters. The second-order valence-corrected chi connectivity index (χ2v) is 5.37. The van der Waals surface area contributed by atoms with Crippen LogP contribution in [0.3, 0.4) is 0 Å². The number of hydrogen-bond acceptors (Lipinski definition) is 6. The van der Waals surface area contributed by atoms with Crippen LogP contribution in [-0.4, -0.2) is 40.5 Å². The molecule has 98 valence electrons. The van der Waals surface area contributed by atoms with E-state index in [-0.39, 0.29) is 22.8 Å². The molecule has 0 radical (unpaired) electrons. The highest BCUT2D eigenvalue weighted by atomic mass is 79.9. The summed E-state index contributed by atoms with van der Waals surface area (Å²) in [6, 6.07) is 0. The van der Waals surface area contributed by atoms with E-state index < -0.39 is 6.17 Å². The number of ketones is 1. The van der Waals surface area contributed by atoms with Crippen LogP contribution in [0.1, 0.15) is 13.3 Å². The van der Waals surface area contributed by atoms with Crippen molar-refractivity contribution >= 4 is 43.8 Å². The van der Waals surface area contributed by atoms with E-state index in [1.807, 2.05) is 0 Å². The number of halogens is 2. The number of nitrogens with zero attached hydrogens (tertiary/aromatic N) is 3. The molecule has 0 saturated heterocycles. The van der Waals surface area contributed by atoms with E-state index in [0.29, 0.717) is 16.7 Å². The van der Waals surface area contributed by atoms with E-state index in [1.165, 1.54) is 6.92 Å². The number of rotatable bonds is 2. The van der Waals surface area contributed by atoms with Gasteiger partial charge in [0.1, 0.15) is 21.2 Å². The van der Waals surface area contributed by atoms with E-state index in [1.54, 1.807) is 11.9 Å². The van der Waals surface area contributed by atoms with Gasteiger partial charge in [-0.2, -0.15) is 0 Å². The molecule has 0 aliphatic carbocycles. The van der Waals surface area contributed by atoms with Gasteiger partial charge < -0.3 is 15.5 Å². The van der Waals surface area contributed by atoms with E-state index in [9.17, 15) is 4.79 Å². The van der Waals surface area contributed by atoms with Gasteiger partial charge in [-0.15, -0.1) is 0 Å². The molecule has 0 spiro atoms. The van der Waals surface area contributed by atoms with Crippen molar-refractivity contribution in [3.8, 4) is 0 Å². The van der Waals surface area contributed by atoms with Crippen LogP contribution in [-0.2, 0) is 9.63 Å². The third kappa shape index (κ3) is 2.24. The normalized spacial score (nSPS) is 27.9. The summed E-state index contributed by atoms with van der Waals surface area (Å²) >= 11 is 9.26. The monoisotopic (exact) mass is 334 g/mol. The second kappa shape index (κ2) is 4.89. The number of oxime groups is 1. The van der Waals surface area contributed by atoms with Crippen LogP contribution >= 0.6 is 27.5 Å². The van der Waals surface area contributed by atoms with Crippen LogP contribution in [0.25, 0.3) is 0 Å². The molecule has 0 aromatic heterocycles. The highest BCUT2D eigenvalue weighted by molar-refractivity contribution is 9.18. The van der Waals surface area contributed by atoms with Crippen molar-refractivity contribution in [1.82, 2.24) is 4.90 Å². The first-order valence-electron chi connectivity index (χ1n) is 5.27. The summed E-state index contributed by atoms with van der Waals surface area (Å²) in [4.78, 5) is 22.8. The molecule has 0 amide bonds. The highest BCUT2D eigenvalue weighted by Gasteiger charge is 2.37. The van der Waals surface area contributed by atoms with Crippen LogP contribution in [0.2, 0.25) is 0 Å². The molecule has 0 aromatic rings. The molecule has 0 fully saturated rings. The molecule has 2 atom stereocenters. The number of amidine groups is 1. The Morgan fingerprint density at radius 2 is 2.33 bits per heavy atom. The van der Waals surface area contributed by atoms with Crippen molar-refractivity contribution in [1.29, 1.82) is 0 Å². The van der Waals surface area contributed by atoms with Crippen molar-refractivity contribution < 1.29 is 9.63 Å². The minimum absolute atomic E-state index is 0.150. The smallest absolute Gasteiger partial charge is 0.177 e. The Balaban J connectivity index is 2.29. The van der Waals surface area contributed by atoms with Gasteiger partial charge in [-0.25, -0.2) is 4.99 Å². The van der Waals surface area contributed by atoms with Crippen molar-refractivity contribution in [2.24, 2.45) is 15.9 Å². The van der Waals surface area contributed by atoms with E-state index in [4.69, 9.17) is 22.2 Å². The molecule has 2 aliphatic heterocycles. The minimum atomic E-state index is -0.412. The quantitative estimate of drug-likeness (QED) is 0.821. The van der Waals surface area contributed by atoms with Crippen LogP contribution in [0.5, 0.6) is 0 Å². The molecule has 6 nitrogen and oxygen atoms in total. The minimum Gasteiger partial charge on any atom is -0.387 e. The van der Waals surface area contributed by atoms with Gasteiger partial charge in [-0.1, -0.05) is 16.8 Å². The molecule has 2 aliphatic rings. The van der Waals surface area contributed by atoms with E-state index >= 15 is 0 Å². The fourth-order valence-corrected chi connectivity index (χ4v) is 2.67. The molecular formula is C10H12BrClN4O2. The Hall–Kier alpha value is -1.08. The second-order valence-electron chi connectivity index (χ2n) is 4.07. The van der Waals surface area contributed by atoms with Gasteiger partial charge in [0.2, 0.25) is 0 Å². The Labute approximate surface area is 118 Å². The Kier molecular flexibility index (Phi) is 3.63. The summed E-state index contributed by atoms with van der Waals surface area (Å²) in [6.07, 6.45) is -0.124.